The summed E-state index contributed by atoms with van der Waals surface area (Å²) in [6.45, 7) is 0. The van der Waals surface area contributed by atoms with Gasteiger partial charge in [-0.15, -0.1) is 5.11 Å². The number of anilines is 1. The SMILES string of the molecule is Nc1cccc(N=Nc2ccc(O)c3ncccc23)c1. The number of phenols is 1. The van der Waals surface area contributed by atoms with Crippen molar-refractivity contribution in [2.45, 2.75) is 0 Å². The molecule has 0 fully saturated rings. The maximum absolute atomic E-state index is 9.77. The second-order valence-corrected chi connectivity index (χ2v) is 4.30. The second-order valence-electron chi connectivity index (χ2n) is 4.30. The number of nitrogens with two attached hydrogens (primary N) is 1. The van der Waals surface area contributed by atoms with Crippen molar-refractivity contribution in [2.24, 2.45) is 10.2 Å². The van der Waals surface area contributed by atoms with Gasteiger partial charge in [-0.3, -0.25) is 4.98 Å². The number of nitrogens with zero attached hydrogens (tertiary/aromatic N) is 3. The molecule has 5 heteroatoms. The fraction of sp³-hybridized carbons (Fsp3) is 0. The predicted molar refractivity (Wildman–Crippen MR) is 78.4 cm³/mol. The summed E-state index contributed by atoms with van der Waals surface area (Å²) >= 11 is 0. The number of hydrogen-bond acceptors (Lipinski definition) is 5. The van der Waals surface area contributed by atoms with Gasteiger partial charge in [-0.2, -0.15) is 5.11 Å². The first kappa shape index (κ1) is 12.1. The number of nitrogen functional groups attached to an aromatic ring is 1. The van der Waals surface area contributed by atoms with Gasteiger partial charge in [-0.1, -0.05) is 6.07 Å². The quantitative estimate of drug-likeness (QED) is 0.543. The van der Waals surface area contributed by atoms with Gasteiger partial charge in [0.15, 0.2) is 0 Å². The van der Waals surface area contributed by atoms with Gasteiger partial charge in [0.05, 0.1) is 11.4 Å². The van der Waals surface area contributed by atoms with Crippen molar-refractivity contribution < 1.29 is 5.11 Å². The topological polar surface area (TPSA) is 83.9 Å². The standard InChI is InChI=1S/C15H12N4O/c16-10-3-1-4-11(9-10)18-19-13-6-7-14(20)15-12(13)5-2-8-17-15/h1-9,20H,16H2. The number of benzene rings is 2. The van der Waals surface area contributed by atoms with Crippen LogP contribution in [-0.2, 0) is 0 Å². The van der Waals surface area contributed by atoms with Crippen LogP contribution in [0.2, 0.25) is 0 Å². The molecule has 0 radical (unpaired) electrons. The zero-order chi connectivity index (χ0) is 13.9. The summed E-state index contributed by atoms with van der Waals surface area (Å²) in [7, 11) is 0. The van der Waals surface area contributed by atoms with Crippen LogP contribution in [0.25, 0.3) is 10.9 Å². The monoisotopic (exact) mass is 264 g/mol. The van der Waals surface area contributed by atoms with Gasteiger partial charge in [0.2, 0.25) is 0 Å². The van der Waals surface area contributed by atoms with Gasteiger partial charge >= 0.3 is 0 Å². The van der Waals surface area contributed by atoms with Crippen LogP contribution in [-0.4, -0.2) is 10.1 Å². The van der Waals surface area contributed by atoms with E-state index in [1.54, 1.807) is 36.5 Å². The summed E-state index contributed by atoms with van der Waals surface area (Å²) in [5.74, 6) is 0.128. The van der Waals surface area contributed by atoms with Crippen LogP contribution in [0.1, 0.15) is 0 Å². The van der Waals surface area contributed by atoms with E-state index in [1.165, 1.54) is 0 Å². The molecule has 0 saturated heterocycles. The predicted octanol–water partition coefficient (Wildman–Crippen LogP) is 3.94. The lowest BCUT2D eigenvalue weighted by Crippen LogP contribution is -1.81. The van der Waals surface area contributed by atoms with E-state index < -0.39 is 0 Å². The van der Waals surface area contributed by atoms with E-state index in [1.807, 2.05) is 18.2 Å². The van der Waals surface area contributed by atoms with Gasteiger partial charge in [-0.05, 0) is 42.5 Å². The van der Waals surface area contributed by atoms with Crippen molar-refractivity contribution in [2.75, 3.05) is 5.73 Å². The molecule has 3 N–H and O–H groups in total. The summed E-state index contributed by atoms with van der Waals surface area (Å²) < 4.78 is 0. The van der Waals surface area contributed by atoms with Gasteiger partial charge in [0.1, 0.15) is 11.3 Å². The number of phenolic OH excluding ortho intramolecular Hbond substituents is 1. The smallest absolute Gasteiger partial charge is 0.141 e. The Hall–Kier alpha value is -2.95. The van der Waals surface area contributed by atoms with Crippen LogP contribution in [0.3, 0.4) is 0 Å². The minimum atomic E-state index is 0.128. The van der Waals surface area contributed by atoms with E-state index in [2.05, 4.69) is 15.2 Å². The Balaban J connectivity index is 2.05. The second kappa shape index (κ2) is 4.97. The lowest BCUT2D eigenvalue weighted by molar-refractivity contribution is 0.480. The third-order valence-electron chi connectivity index (χ3n) is 2.87. The van der Waals surface area contributed by atoms with Crippen molar-refractivity contribution >= 4 is 28.0 Å². The molecule has 3 rings (SSSR count). The van der Waals surface area contributed by atoms with Gasteiger partial charge in [0.25, 0.3) is 0 Å². The molecule has 1 heterocycles. The first-order valence-electron chi connectivity index (χ1n) is 6.08. The number of aromatic nitrogens is 1. The normalized spacial score (nSPS) is 11.2. The Morgan fingerprint density at radius 1 is 1.00 bits per heavy atom. The van der Waals surface area contributed by atoms with Crippen molar-refractivity contribution in [3.05, 3.63) is 54.7 Å². The molecule has 3 aromatic rings. The van der Waals surface area contributed by atoms with Crippen LogP contribution in [0, 0.1) is 0 Å². The first-order chi connectivity index (χ1) is 9.74. The van der Waals surface area contributed by atoms with E-state index in [9.17, 15) is 5.11 Å². The number of azo groups is 1. The number of pyridine rings is 1. The summed E-state index contributed by atoms with van der Waals surface area (Å²) in [5, 5.41) is 18.9. The molecule has 0 aliphatic heterocycles. The Bertz CT molecular complexity index is 799. The molecule has 2 aromatic carbocycles. The lowest BCUT2D eigenvalue weighted by atomic mass is 10.2. The highest BCUT2D eigenvalue weighted by atomic mass is 16.3. The van der Waals surface area contributed by atoms with Gasteiger partial charge < -0.3 is 10.8 Å². The van der Waals surface area contributed by atoms with E-state index in [0.29, 0.717) is 22.6 Å². The van der Waals surface area contributed by atoms with Crippen molar-refractivity contribution in [1.82, 2.24) is 4.98 Å². The minimum Gasteiger partial charge on any atom is -0.506 e. The largest absolute Gasteiger partial charge is 0.506 e. The average Bonchev–Trinajstić information content (AvgIpc) is 2.47. The lowest BCUT2D eigenvalue weighted by Gasteiger charge is -2.02. The van der Waals surface area contributed by atoms with E-state index in [-0.39, 0.29) is 5.75 Å². The summed E-state index contributed by atoms with van der Waals surface area (Å²) in [5.41, 5.74) is 8.16. The third kappa shape index (κ3) is 2.29. The molecular weight excluding hydrogens is 252 g/mol. The molecule has 0 aliphatic rings. The maximum atomic E-state index is 9.77. The van der Waals surface area contributed by atoms with Crippen LogP contribution < -0.4 is 5.73 Å². The highest BCUT2D eigenvalue weighted by Gasteiger charge is 2.05. The molecule has 0 spiro atoms. The van der Waals surface area contributed by atoms with Crippen molar-refractivity contribution in [3.63, 3.8) is 0 Å². The minimum absolute atomic E-state index is 0.128. The fourth-order valence-electron chi connectivity index (χ4n) is 1.93. The molecule has 1 aromatic heterocycles. The summed E-state index contributed by atoms with van der Waals surface area (Å²) in [4.78, 5) is 4.14. The Labute approximate surface area is 115 Å². The zero-order valence-corrected chi connectivity index (χ0v) is 10.6. The molecule has 5 nitrogen and oxygen atoms in total. The van der Waals surface area contributed by atoms with Gasteiger partial charge in [0, 0.05) is 17.3 Å². The number of aromatic hydroxyl groups is 1. The zero-order valence-electron chi connectivity index (χ0n) is 10.6. The number of rotatable bonds is 2. The molecule has 0 atom stereocenters. The highest BCUT2D eigenvalue weighted by molar-refractivity contribution is 5.93. The van der Waals surface area contributed by atoms with Crippen LogP contribution in [0.5, 0.6) is 5.75 Å². The number of fused-ring (bicyclic) bond motifs is 1. The van der Waals surface area contributed by atoms with Crippen LogP contribution >= 0.6 is 0 Å². The van der Waals surface area contributed by atoms with Crippen molar-refractivity contribution in [1.29, 1.82) is 0 Å². The molecule has 0 saturated carbocycles. The summed E-state index contributed by atoms with van der Waals surface area (Å²) in [6.07, 6.45) is 1.63. The number of hydrogen-bond donors (Lipinski definition) is 2. The summed E-state index contributed by atoms with van der Waals surface area (Å²) in [6, 6.07) is 14.1. The molecule has 98 valence electrons. The Morgan fingerprint density at radius 3 is 2.75 bits per heavy atom. The van der Waals surface area contributed by atoms with Gasteiger partial charge in [-0.25, -0.2) is 0 Å². The molecule has 20 heavy (non-hydrogen) atoms. The highest BCUT2D eigenvalue weighted by Crippen LogP contribution is 2.31. The third-order valence-corrected chi connectivity index (χ3v) is 2.87. The van der Waals surface area contributed by atoms with E-state index in [0.717, 1.165) is 5.39 Å². The Morgan fingerprint density at radius 2 is 1.90 bits per heavy atom. The fourth-order valence-corrected chi connectivity index (χ4v) is 1.93. The molecule has 0 unspecified atom stereocenters. The molecule has 0 aliphatic carbocycles. The maximum Gasteiger partial charge on any atom is 0.141 e. The van der Waals surface area contributed by atoms with Crippen LogP contribution in [0.15, 0.2) is 65.0 Å². The van der Waals surface area contributed by atoms with Crippen LogP contribution in [0.4, 0.5) is 17.1 Å². The molecule has 0 amide bonds. The molecular formula is C15H12N4O. The Kier molecular flexibility index (Phi) is 3.01. The van der Waals surface area contributed by atoms with E-state index >= 15 is 0 Å². The van der Waals surface area contributed by atoms with E-state index in [4.69, 9.17) is 5.73 Å². The first-order valence-corrected chi connectivity index (χ1v) is 6.08. The molecule has 0 bridgehead atoms. The van der Waals surface area contributed by atoms with Crippen molar-refractivity contribution in [3.8, 4) is 5.75 Å². The average molecular weight is 264 g/mol.